The Balaban J connectivity index is 2.90. The van der Waals surface area contributed by atoms with Crippen molar-refractivity contribution in [3.05, 3.63) is 34.9 Å². The zero-order valence-corrected chi connectivity index (χ0v) is 8.73. The fourth-order valence-corrected chi connectivity index (χ4v) is 1.20. The van der Waals surface area contributed by atoms with Gasteiger partial charge in [-0.05, 0) is 25.0 Å². The summed E-state index contributed by atoms with van der Waals surface area (Å²) in [5, 5.41) is 15.6. The summed E-state index contributed by atoms with van der Waals surface area (Å²) < 4.78 is 0. The Labute approximate surface area is 88.3 Å². The summed E-state index contributed by atoms with van der Waals surface area (Å²) in [5.74, 6) is -0.141. The van der Waals surface area contributed by atoms with E-state index >= 15 is 0 Å². The van der Waals surface area contributed by atoms with Gasteiger partial charge in [-0.25, -0.2) is 5.48 Å². The average molecular weight is 206 g/mol. The van der Waals surface area contributed by atoms with Gasteiger partial charge in [0.15, 0.2) is 0 Å². The molecular formula is C10H14N4O. The lowest BCUT2D eigenvalue weighted by Crippen LogP contribution is -2.27. The molecule has 0 radical (unpaired) electrons. The molecular weight excluding hydrogens is 192 g/mol. The monoisotopic (exact) mass is 206 g/mol. The Bertz CT molecular complexity index is 378. The third-order valence-corrected chi connectivity index (χ3v) is 2.01. The van der Waals surface area contributed by atoms with Crippen molar-refractivity contribution in [2.24, 2.45) is 15.9 Å². The lowest BCUT2D eigenvalue weighted by Gasteiger charge is -2.02. The summed E-state index contributed by atoms with van der Waals surface area (Å²) in [6.45, 7) is 3.98. The molecule has 0 heterocycles. The van der Waals surface area contributed by atoms with E-state index in [0.717, 1.165) is 16.7 Å². The van der Waals surface area contributed by atoms with Gasteiger partial charge < -0.3 is 5.73 Å². The molecule has 0 unspecified atom stereocenters. The van der Waals surface area contributed by atoms with E-state index in [9.17, 15) is 0 Å². The number of nitrogens with one attached hydrogen (secondary N) is 1. The van der Waals surface area contributed by atoms with Gasteiger partial charge in [0.25, 0.3) is 0 Å². The highest BCUT2D eigenvalue weighted by molar-refractivity contribution is 5.84. The highest BCUT2D eigenvalue weighted by Gasteiger charge is 1.97. The first-order chi connectivity index (χ1) is 7.15. The first-order valence-electron chi connectivity index (χ1n) is 4.48. The van der Waals surface area contributed by atoms with Crippen molar-refractivity contribution in [3.63, 3.8) is 0 Å². The number of hydroxylamine groups is 1. The standard InChI is InChI=1S/C10H14N4O/c1-7-4-3-5-8(2)9(7)6-12-13-10(11)14-15/h3-6,15H,1-2H3,(H3,11,13,14). The van der Waals surface area contributed by atoms with Gasteiger partial charge in [0.1, 0.15) is 0 Å². The first kappa shape index (κ1) is 11.2. The molecule has 5 heteroatoms. The first-order valence-corrected chi connectivity index (χ1v) is 4.48. The summed E-state index contributed by atoms with van der Waals surface area (Å²) in [6.07, 6.45) is 1.61. The molecule has 80 valence electrons. The molecule has 0 spiro atoms. The predicted molar refractivity (Wildman–Crippen MR) is 60.1 cm³/mol. The summed E-state index contributed by atoms with van der Waals surface area (Å²) >= 11 is 0. The molecule has 0 fully saturated rings. The summed E-state index contributed by atoms with van der Waals surface area (Å²) in [6, 6.07) is 5.96. The van der Waals surface area contributed by atoms with Crippen LogP contribution in [0.3, 0.4) is 0 Å². The van der Waals surface area contributed by atoms with Crippen molar-refractivity contribution in [1.29, 1.82) is 0 Å². The largest absolute Gasteiger partial charge is 0.367 e. The van der Waals surface area contributed by atoms with Crippen LogP contribution in [0.25, 0.3) is 0 Å². The SMILES string of the molecule is Cc1cccc(C)c1C=NN=C(N)NO. The van der Waals surface area contributed by atoms with Crippen LogP contribution >= 0.6 is 0 Å². The van der Waals surface area contributed by atoms with Crippen molar-refractivity contribution in [2.75, 3.05) is 0 Å². The molecule has 1 rings (SSSR count). The summed E-state index contributed by atoms with van der Waals surface area (Å²) in [5.41, 5.74) is 10.1. The van der Waals surface area contributed by atoms with Crippen LogP contribution in [-0.2, 0) is 0 Å². The molecule has 0 bridgehead atoms. The normalized spacial score (nSPS) is 12.1. The quantitative estimate of drug-likeness (QED) is 0.382. The van der Waals surface area contributed by atoms with Crippen LogP contribution in [0.5, 0.6) is 0 Å². The molecule has 1 aromatic carbocycles. The van der Waals surface area contributed by atoms with Crippen LogP contribution < -0.4 is 11.2 Å². The third kappa shape index (κ3) is 3.07. The van der Waals surface area contributed by atoms with Gasteiger partial charge in [0.05, 0.1) is 6.21 Å². The van der Waals surface area contributed by atoms with Crippen molar-refractivity contribution in [3.8, 4) is 0 Å². The number of nitrogens with zero attached hydrogens (tertiary/aromatic N) is 2. The van der Waals surface area contributed by atoms with Crippen LogP contribution in [0.1, 0.15) is 16.7 Å². The van der Waals surface area contributed by atoms with Gasteiger partial charge in [-0.15, -0.1) is 5.10 Å². The van der Waals surface area contributed by atoms with E-state index in [2.05, 4.69) is 10.2 Å². The second kappa shape index (κ2) is 5.11. The molecule has 4 N–H and O–H groups in total. The molecule has 1 aromatic rings. The van der Waals surface area contributed by atoms with Gasteiger partial charge in [-0.1, -0.05) is 18.2 Å². The van der Waals surface area contributed by atoms with Crippen LogP contribution in [-0.4, -0.2) is 17.4 Å². The lowest BCUT2D eigenvalue weighted by molar-refractivity contribution is 0.232. The van der Waals surface area contributed by atoms with Gasteiger partial charge in [0, 0.05) is 5.56 Å². The van der Waals surface area contributed by atoms with Crippen molar-refractivity contribution in [1.82, 2.24) is 5.48 Å². The smallest absolute Gasteiger partial charge is 0.237 e. The zero-order valence-electron chi connectivity index (χ0n) is 8.73. The van der Waals surface area contributed by atoms with E-state index in [4.69, 9.17) is 10.9 Å². The van der Waals surface area contributed by atoms with E-state index in [1.807, 2.05) is 32.0 Å². The van der Waals surface area contributed by atoms with Crippen LogP contribution in [0.4, 0.5) is 0 Å². The number of guanidine groups is 1. The Morgan fingerprint density at radius 3 is 2.53 bits per heavy atom. The maximum absolute atomic E-state index is 8.36. The maximum atomic E-state index is 8.36. The van der Waals surface area contributed by atoms with Crippen molar-refractivity contribution < 1.29 is 5.21 Å². The molecule has 0 atom stereocenters. The number of hydrogen-bond acceptors (Lipinski definition) is 3. The van der Waals surface area contributed by atoms with Crippen molar-refractivity contribution >= 4 is 12.2 Å². The Kier molecular flexibility index (Phi) is 3.82. The number of rotatable bonds is 2. The second-order valence-electron chi connectivity index (χ2n) is 3.15. The fraction of sp³-hybridized carbons (Fsp3) is 0.200. The zero-order chi connectivity index (χ0) is 11.3. The lowest BCUT2D eigenvalue weighted by atomic mass is 10.0. The Morgan fingerprint density at radius 1 is 1.40 bits per heavy atom. The van der Waals surface area contributed by atoms with Gasteiger partial charge in [0.2, 0.25) is 5.96 Å². The number of hydrogen-bond donors (Lipinski definition) is 3. The highest BCUT2D eigenvalue weighted by Crippen LogP contribution is 2.10. The molecule has 0 aliphatic rings. The Hall–Kier alpha value is -1.88. The van der Waals surface area contributed by atoms with Gasteiger partial charge in [-0.3, -0.25) is 5.21 Å². The van der Waals surface area contributed by atoms with E-state index in [1.54, 1.807) is 11.7 Å². The minimum Gasteiger partial charge on any atom is -0.367 e. The van der Waals surface area contributed by atoms with E-state index in [-0.39, 0.29) is 5.96 Å². The number of nitrogens with two attached hydrogens (primary N) is 1. The highest BCUT2D eigenvalue weighted by atomic mass is 16.5. The average Bonchev–Trinajstić information content (AvgIpc) is 2.22. The van der Waals surface area contributed by atoms with Crippen molar-refractivity contribution in [2.45, 2.75) is 13.8 Å². The van der Waals surface area contributed by atoms with Gasteiger partial charge >= 0.3 is 0 Å². The van der Waals surface area contributed by atoms with Crippen LogP contribution in [0.2, 0.25) is 0 Å². The molecule has 15 heavy (non-hydrogen) atoms. The molecule has 0 saturated heterocycles. The fourth-order valence-electron chi connectivity index (χ4n) is 1.20. The molecule has 0 aliphatic heterocycles. The van der Waals surface area contributed by atoms with Crippen LogP contribution in [0, 0.1) is 13.8 Å². The minimum absolute atomic E-state index is 0.141. The van der Waals surface area contributed by atoms with E-state index in [0.29, 0.717) is 0 Å². The molecule has 0 saturated carbocycles. The maximum Gasteiger partial charge on any atom is 0.237 e. The molecule has 0 aliphatic carbocycles. The number of aryl methyl sites for hydroxylation is 2. The molecule has 0 aromatic heterocycles. The summed E-state index contributed by atoms with van der Waals surface area (Å²) in [4.78, 5) is 0. The van der Waals surface area contributed by atoms with E-state index in [1.165, 1.54) is 0 Å². The Morgan fingerprint density at radius 2 is 2.00 bits per heavy atom. The molecule has 0 amide bonds. The van der Waals surface area contributed by atoms with Gasteiger partial charge in [-0.2, -0.15) is 5.10 Å². The third-order valence-electron chi connectivity index (χ3n) is 2.01. The minimum atomic E-state index is -0.141. The predicted octanol–water partition coefficient (Wildman–Crippen LogP) is 0.931. The topological polar surface area (TPSA) is 83.0 Å². The number of benzene rings is 1. The van der Waals surface area contributed by atoms with Crippen LogP contribution in [0.15, 0.2) is 28.4 Å². The summed E-state index contributed by atoms with van der Waals surface area (Å²) in [7, 11) is 0. The molecule has 5 nitrogen and oxygen atoms in total. The van der Waals surface area contributed by atoms with E-state index < -0.39 is 0 Å². The second-order valence-corrected chi connectivity index (χ2v) is 3.15.